The lowest BCUT2D eigenvalue weighted by atomic mass is 9.88. The van der Waals surface area contributed by atoms with E-state index in [4.69, 9.17) is 28.9 Å². The van der Waals surface area contributed by atoms with Crippen LogP contribution in [0.3, 0.4) is 0 Å². The number of nitrogen functional groups attached to an aromatic ring is 1. The van der Waals surface area contributed by atoms with Gasteiger partial charge in [0.15, 0.2) is 0 Å². The molecule has 0 saturated heterocycles. The van der Waals surface area contributed by atoms with Crippen LogP contribution < -0.4 is 5.73 Å². The van der Waals surface area contributed by atoms with Crippen LogP contribution in [0.15, 0.2) is 36.5 Å². The molecule has 0 fully saturated rings. The average Bonchev–Trinajstić information content (AvgIpc) is 2.32. The SMILES string of the molecule is CC(O)(c1ccccc1Cl)c1cc(Cl)cnc1N. The van der Waals surface area contributed by atoms with Gasteiger partial charge in [-0.05, 0) is 19.1 Å². The molecule has 1 unspecified atom stereocenters. The highest BCUT2D eigenvalue weighted by molar-refractivity contribution is 6.31. The molecular weight excluding hydrogens is 271 g/mol. The van der Waals surface area contributed by atoms with Crippen LogP contribution in [0.2, 0.25) is 10.0 Å². The summed E-state index contributed by atoms with van der Waals surface area (Å²) < 4.78 is 0. The van der Waals surface area contributed by atoms with E-state index in [2.05, 4.69) is 4.98 Å². The molecule has 1 aromatic heterocycles. The topological polar surface area (TPSA) is 59.1 Å². The Morgan fingerprint density at radius 1 is 1.22 bits per heavy atom. The van der Waals surface area contributed by atoms with Gasteiger partial charge in [-0.15, -0.1) is 0 Å². The third-order valence-corrected chi connectivity index (χ3v) is 3.34. The summed E-state index contributed by atoms with van der Waals surface area (Å²) in [4.78, 5) is 3.94. The first kappa shape index (κ1) is 13.1. The zero-order valence-electron chi connectivity index (χ0n) is 9.69. The molecule has 0 bridgehead atoms. The number of hydrogen-bond donors (Lipinski definition) is 2. The number of aliphatic hydroxyl groups is 1. The van der Waals surface area contributed by atoms with E-state index in [1.807, 2.05) is 0 Å². The van der Waals surface area contributed by atoms with Crippen molar-refractivity contribution in [3.63, 3.8) is 0 Å². The zero-order chi connectivity index (χ0) is 13.3. The van der Waals surface area contributed by atoms with E-state index in [0.717, 1.165) is 0 Å². The predicted molar refractivity (Wildman–Crippen MR) is 73.8 cm³/mol. The monoisotopic (exact) mass is 282 g/mol. The molecular formula is C13H12Cl2N2O. The molecule has 0 radical (unpaired) electrons. The van der Waals surface area contributed by atoms with E-state index in [1.165, 1.54) is 6.20 Å². The molecule has 0 amide bonds. The first-order valence-electron chi connectivity index (χ1n) is 5.32. The summed E-state index contributed by atoms with van der Waals surface area (Å²) in [5, 5.41) is 11.5. The number of anilines is 1. The molecule has 0 spiro atoms. The molecule has 2 rings (SSSR count). The van der Waals surface area contributed by atoms with E-state index >= 15 is 0 Å². The van der Waals surface area contributed by atoms with Crippen LogP contribution in [0.5, 0.6) is 0 Å². The van der Waals surface area contributed by atoms with E-state index in [9.17, 15) is 5.11 Å². The van der Waals surface area contributed by atoms with Gasteiger partial charge < -0.3 is 10.8 Å². The number of nitrogens with two attached hydrogens (primary N) is 1. The fraction of sp³-hybridized carbons (Fsp3) is 0.154. The molecule has 1 aromatic carbocycles. The number of aromatic nitrogens is 1. The minimum Gasteiger partial charge on any atom is -0.383 e. The van der Waals surface area contributed by atoms with E-state index < -0.39 is 5.60 Å². The normalized spacial score (nSPS) is 14.2. The van der Waals surface area contributed by atoms with Crippen molar-refractivity contribution in [2.24, 2.45) is 0 Å². The molecule has 18 heavy (non-hydrogen) atoms. The van der Waals surface area contributed by atoms with Gasteiger partial charge in [-0.25, -0.2) is 4.98 Å². The summed E-state index contributed by atoms with van der Waals surface area (Å²) in [5.41, 5.74) is 5.43. The molecule has 2 aromatic rings. The van der Waals surface area contributed by atoms with Crippen molar-refractivity contribution in [1.82, 2.24) is 4.98 Å². The van der Waals surface area contributed by atoms with Gasteiger partial charge in [0.2, 0.25) is 0 Å². The van der Waals surface area contributed by atoms with Crippen LogP contribution in [0.1, 0.15) is 18.1 Å². The van der Waals surface area contributed by atoms with Crippen molar-refractivity contribution >= 4 is 29.0 Å². The Labute approximate surface area is 115 Å². The summed E-state index contributed by atoms with van der Waals surface area (Å²) in [7, 11) is 0. The van der Waals surface area contributed by atoms with Crippen LogP contribution in [0.25, 0.3) is 0 Å². The van der Waals surface area contributed by atoms with Gasteiger partial charge in [0.05, 0.1) is 5.02 Å². The van der Waals surface area contributed by atoms with Crippen LogP contribution >= 0.6 is 23.2 Å². The zero-order valence-corrected chi connectivity index (χ0v) is 11.2. The summed E-state index contributed by atoms with van der Waals surface area (Å²) in [6, 6.07) is 8.63. The van der Waals surface area contributed by atoms with Crippen molar-refractivity contribution in [1.29, 1.82) is 0 Å². The molecule has 0 aliphatic carbocycles. The van der Waals surface area contributed by atoms with Crippen molar-refractivity contribution < 1.29 is 5.11 Å². The lowest BCUT2D eigenvalue weighted by molar-refractivity contribution is 0.103. The largest absolute Gasteiger partial charge is 0.383 e. The summed E-state index contributed by atoms with van der Waals surface area (Å²) in [5.74, 6) is 0.226. The van der Waals surface area contributed by atoms with E-state index in [0.29, 0.717) is 21.2 Å². The molecule has 0 saturated carbocycles. The minimum atomic E-state index is -1.35. The maximum atomic E-state index is 10.7. The second-order valence-electron chi connectivity index (χ2n) is 4.14. The van der Waals surface area contributed by atoms with Crippen molar-refractivity contribution in [2.75, 3.05) is 5.73 Å². The van der Waals surface area contributed by atoms with Crippen LogP contribution in [0.4, 0.5) is 5.82 Å². The second-order valence-corrected chi connectivity index (χ2v) is 4.98. The number of benzene rings is 1. The van der Waals surface area contributed by atoms with Crippen LogP contribution in [-0.4, -0.2) is 10.1 Å². The molecule has 3 N–H and O–H groups in total. The Morgan fingerprint density at radius 2 is 1.89 bits per heavy atom. The standard InChI is InChI=1S/C13H12Cl2N2O/c1-13(18,9-4-2-3-5-11(9)15)10-6-8(14)7-17-12(10)16/h2-7,18H,1H3,(H2,16,17). The van der Waals surface area contributed by atoms with E-state index in [-0.39, 0.29) is 5.82 Å². The third kappa shape index (κ3) is 2.29. The van der Waals surface area contributed by atoms with Crippen molar-refractivity contribution in [2.45, 2.75) is 12.5 Å². The van der Waals surface area contributed by atoms with E-state index in [1.54, 1.807) is 37.3 Å². The summed E-state index contributed by atoms with van der Waals surface area (Å²) in [6.45, 7) is 1.61. The lowest BCUT2D eigenvalue weighted by Crippen LogP contribution is -2.25. The number of pyridine rings is 1. The average molecular weight is 283 g/mol. The quantitative estimate of drug-likeness (QED) is 0.889. The number of hydrogen-bond acceptors (Lipinski definition) is 3. The van der Waals surface area contributed by atoms with Gasteiger partial charge in [-0.1, -0.05) is 41.4 Å². The van der Waals surface area contributed by atoms with Crippen molar-refractivity contribution in [3.8, 4) is 0 Å². The number of halogens is 2. The summed E-state index contributed by atoms with van der Waals surface area (Å²) in [6.07, 6.45) is 1.43. The highest BCUT2D eigenvalue weighted by Crippen LogP contribution is 2.36. The molecule has 0 aliphatic rings. The fourth-order valence-corrected chi connectivity index (χ4v) is 2.32. The Bertz CT molecular complexity index is 585. The highest BCUT2D eigenvalue weighted by atomic mass is 35.5. The molecule has 3 nitrogen and oxygen atoms in total. The first-order chi connectivity index (χ1) is 8.43. The van der Waals surface area contributed by atoms with Crippen LogP contribution in [-0.2, 0) is 5.60 Å². The second kappa shape index (κ2) is 4.76. The summed E-state index contributed by atoms with van der Waals surface area (Å²) >= 11 is 12.0. The molecule has 1 heterocycles. The Kier molecular flexibility index (Phi) is 3.48. The van der Waals surface area contributed by atoms with Gasteiger partial charge in [-0.2, -0.15) is 0 Å². The Balaban J connectivity index is 2.61. The molecule has 0 aliphatic heterocycles. The first-order valence-corrected chi connectivity index (χ1v) is 6.07. The van der Waals surface area contributed by atoms with Gasteiger partial charge in [0.25, 0.3) is 0 Å². The number of nitrogens with zero attached hydrogens (tertiary/aromatic N) is 1. The fourth-order valence-electron chi connectivity index (χ4n) is 1.84. The highest BCUT2D eigenvalue weighted by Gasteiger charge is 2.30. The maximum Gasteiger partial charge on any atom is 0.129 e. The Morgan fingerprint density at radius 3 is 2.56 bits per heavy atom. The molecule has 5 heteroatoms. The van der Waals surface area contributed by atoms with Gasteiger partial charge in [0, 0.05) is 22.3 Å². The minimum absolute atomic E-state index is 0.226. The maximum absolute atomic E-state index is 10.7. The Hall–Kier alpha value is -1.29. The smallest absolute Gasteiger partial charge is 0.129 e. The predicted octanol–water partition coefficient (Wildman–Crippen LogP) is 3.23. The lowest BCUT2D eigenvalue weighted by Gasteiger charge is -2.26. The van der Waals surface area contributed by atoms with Crippen LogP contribution in [0, 0.1) is 0 Å². The van der Waals surface area contributed by atoms with Gasteiger partial charge in [0.1, 0.15) is 11.4 Å². The number of rotatable bonds is 2. The third-order valence-electron chi connectivity index (χ3n) is 2.81. The van der Waals surface area contributed by atoms with Crippen molar-refractivity contribution in [3.05, 3.63) is 57.7 Å². The van der Waals surface area contributed by atoms with Gasteiger partial charge in [-0.3, -0.25) is 0 Å². The molecule has 94 valence electrons. The van der Waals surface area contributed by atoms with Gasteiger partial charge >= 0.3 is 0 Å². The molecule has 1 atom stereocenters.